The second-order valence-corrected chi connectivity index (χ2v) is 8.38. The number of fused-ring (bicyclic) bond motifs is 1. The molecule has 9 nitrogen and oxygen atoms in total. The lowest BCUT2D eigenvalue weighted by molar-refractivity contribution is -0.136. The zero-order valence-electron chi connectivity index (χ0n) is 19.4. The average Bonchev–Trinajstić information content (AvgIpc) is 2.86. The third-order valence-corrected chi connectivity index (χ3v) is 5.86. The lowest BCUT2D eigenvalue weighted by Crippen LogP contribution is -2.43. The highest BCUT2D eigenvalue weighted by Crippen LogP contribution is 2.36. The van der Waals surface area contributed by atoms with Crippen molar-refractivity contribution < 1.29 is 28.1 Å². The number of aromatic nitrogens is 2. The van der Waals surface area contributed by atoms with Crippen LogP contribution in [-0.2, 0) is 14.3 Å². The molecule has 1 N–H and O–H groups in total. The maximum atomic E-state index is 13.6. The normalized spacial score (nSPS) is 14.2. The van der Waals surface area contributed by atoms with Crippen LogP contribution in [0.15, 0.2) is 36.7 Å². The number of carbonyl (C=O) groups is 1. The minimum atomic E-state index is -0.504. The van der Waals surface area contributed by atoms with Crippen LogP contribution in [0.2, 0.25) is 5.02 Å². The highest BCUT2D eigenvalue weighted by atomic mass is 35.5. The average molecular weight is 505 g/mol. The van der Waals surface area contributed by atoms with E-state index in [-0.39, 0.29) is 30.4 Å². The van der Waals surface area contributed by atoms with Gasteiger partial charge in [0.1, 0.15) is 30.7 Å². The number of amides is 1. The molecule has 2 aromatic carbocycles. The SMILES string of the molecule is COCOc1cc2ncnc(Nc3ccc(F)c(Cl)c3)c2cc1OC1CCN(C(=O)COC)CC1. The summed E-state index contributed by atoms with van der Waals surface area (Å²) in [5.74, 6) is 0.948. The van der Waals surface area contributed by atoms with Crippen LogP contribution in [0.3, 0.4) is 0 Å². The van der Waals surface area contributed by atoms with Crippen molar-refractivity contribution in [1.82, 2.24) is 14.9 Å². The Morgan fingerprint density at radius 1 is 1.14 bits per heavy atom. The van der Waals surface area contributed by atoms with Gasteiger partial charge >= 0.3 is 0 Å². The number of benzene rings is 2. The van der Waals surface area contributed by atoms with Crippen LogP contribution < -0.4 is 14.8 Å². The van der Waals surface area contributed by atoms with Crippen molar-refractivity contribution in [2.75, 3.05) is 46.0 Å². The summed E-state index contributed by atoms with van der Waals surface area (Å²) in [6.45, 7) is 1.27. The smallest absolute Gasteiger partial charge is 0.248 e. The standard InChI is InChI=1S/C24H26ClFN4O5/c1-32-12-23(31)30-7-5-16(6-8-30)35-22-10-17-20(11-21(22)34-14-33-2)27-13-28-24(17)29-15-3-4-19(26)18(25)9-15/h3-4,9-11,13,16H,5-8,12,14H2,1-2H3,(H,27,28,29). The highest BCUT2D eigenvalue weighted by molar-refractivity contribution is 6.31. The van der Waals surface area contributed by atoms with Crippen LogP contribution in [0, 0.1) is 5.82 Å². The van der Waals surface area contributed by atoms with E-state index in [4.69, 9.17) is 30.5 Å². The summed E-state index contributed by atoms with van der Waals surface area (Å²) >= 11 is 5.92. The van der Waals surface area contributed by atoms with Crippen LogP contribution in [0.25, 0.3) is 10.9 Å². The molecule has 1 aliphatic rings. The summed E-state index contributed by atoms with van der Waals surface area (Å²) < 4.78 is 35.6. The van der Waals surface area contributed by atoms with Gasteiger partial charge in [0.25, 0.3) is 0 Å². The first-order valence-electron chi connectivity index (χ1n) is 11.0. The van der Waals surface area contributed by atoms with Gasteiger partial charge < -0.3 is 29.2 Å². The van der Waals surface area contributed by atoms with Gasteiger partial charge in [-0.1, -0.05) is 11.6 Å². The highest BCUT2D eigenvalue weighted by Gasteiger charge is 2.25. The summed E-state index contributed by atoms with van der Waals surface area (Å²) in [6.07, 6.45) is 2.65. The lowest BCUT2D eigenvalue weighted by atomic mass is 10.1. The van der Waals surface area contributed by atoms with Crippen LogP contribution in [0.5, 0.6) is 11.5 Å². The van der Waals surface area contributed by atoms with Crippen molar-refractivity contribution in [3.63, 3.8) is 0 Å². The Hall–Kier alpha value is -3.21. The van der Waals surface area contributed by atoms with Crippen molar-refractivity contribution in [3.05, 3.63) is 47.5 Å². The summed E-state index contributed by atoms with van der Waals surface area (Å²) in [4.78, 5) is 22.6. The van der Waals surface area contributed by atoms with E-state index in [9.17, 15) is 9.18 Å². The molecular weight excluding hydrogens is 479 g/mol. The number of ether oxygens (including phenoxy) is 4. The molecule has 0 saturated carbocycles. The van der Waals surface area contributed by atoms with Gasteiger partial charge in [-0.3, -0.25) is 4.79 Å². The Morgan fingerprint density at radius 2 is 1.94 bits per heavy atom. The number of carbonyl (C=O) groups excluding carboxylic acids is 1. The van der Waals surface area contributed by atoms with E-state index in [1.807, 2.05) is 0 Å². The molecule has 0 unspecified atom stereocenters. The van der Waals surface area contributed by atoms with Crippen LogP contribution in [0.4, 0.5) is 15.9 Å². The van der Waals surface area contributed by atoms with Crippen molar-refractivity contribution in [1.29, 1.82) is 0 Å². The number of rotatable bonds is 9. The molecule has 1 aromatic heterocycles. The molecular formula is C24H26ClFN4O5. The molecule has 35 heavy (non-hydrogen) atoms. The quantitative estimate of drug-likeness (QED) is 0.434. The number of likely N-dealkylation sites (tertiary alicyclic amines) is 1. The molecule has 0 spiro atoms. The molecule has 2 heterocycles. The minimum absolute atomic E-state index is 0.00274. The van der Waals surface area contributed by atoms with Crippen molar-refractivity contribution >= 4 is 39.9 Å². The fourth-order valence-corrected chi connectivity index (χ4v) is 4.00. The van der Waals surface area contributed by atoms with E-state index in [0.717, 1.165) is 0 Å². The number of hydrogen-bond donors (Lipinski definition) is 1. The Bertz CT molecular complexity index is 1190. The zero-order chi connectivity index (χ0) is 24.8. The number of methoxy groups -OCH3 is 2. The molecule has 3 aromatic rings. The van der Waals surface area contributed by atoms with Crippen LogP contribution in [0.1, 0.15) is 12.8 Å². The molecule has 0 radical (unpaired) electrons. The van der Waals surface area contributed by atoms with Crippen LogP contribution in [-0.4, -0.2) is 67.6 Å². The maximum Gasteiger partial charge on any atom is 0.248 e. The first-order valence-corrected chi connectivity index (χ1v) is 11.4. The predicted octanol–water partition coefficient (Wildman–Crippen LogP) is 4.16. The third-order valence-electron chi connectivity index (χ3n) is 5.57. The topological polar surface area (TPSA) is 95.0 Å². The minimum Gasteiger partial charge on any atom is -0.486 e. The maximum absolute atomic E-state index is 13.6. The lowest BCUT2D eigenvalue weighted by Gasteiger charge is -2.32. The molecule has 1 amide bonds. The van der Waals surface area contributed by atoms with Gasteiger partial charge in [-0.05, 0) is 24.3 Å². The largest absolute Gasteiger partial charge is 0.486 e. The summed E-state index contributed by atoms with van der Waals surface area (Å²) in [6, 6.07) is 7.89. The first kappa shape index (κ1) is 24.9. The van der Waals surface area contributed by atoms with Gasteiger partial charge in [-0.15, -0.1) is 0 Å². The molecule has 186 valence electrons. The van der Waals surface area contributed by atoms with Crippen LogP contribution >= 0.6 is 11.6 Å². The Balaban J connectivity index is 1.59. The molecule has 0 aliphatic carbocycles. The summed E-state index contributed by atoms with van der Waals surface area (Å²) in [7, 11) is 3.04. The molecule has 0 atom stereocenters. The molecule has 4 rings (SSSR count). The van der Waals surface area contributed by atoms with Crippen molar-refractivity contribution in [3.8, 4) is 11.5 Å². The van der Waals surface area contributed by atoms with E-state index < -0.39 is 5.82 Å². The van der Waals surface area contributed by atoms with Crippen molar-refractivity contribution in [2.24, 2.45) is 0 Å². The fraction of sp³-hybridized carbons (Fsp3) is 0.375. The summed E-state index contributed by atoms with van der Waals surface area (Å²) in [5.41, 5.74) is 1.20. The Labute approximate surface area is 207 Å². The van der Waals surface area contributed by atoms with E-state index >= 15 is 0 Å². The van der Waals surface area contributed by atoms with Crippen molar-refractivity contribution in [2.45, 2.75) is 18.9 Å². The number of hydrogen-bond acceptors (Lipinski definition) is 8. The van der Waals surface area contributed by atoms with E-state index in [0.29, 0.717) is 59.8 Å². The predicted molar refractivity (Wildman–Crippen MR) is 129 cm³/mol. The van der Waals surface area contributed by atoms with Gasteiger partial charge in [0.15, 0.2) is 18.3 Å². The number of nitrogens with zero attached hydrogens (tertiary/aromatic N) is 3. The monoisotopic (exact) mass is 504 g/mol. The first-order chi connectivity index (χ1) is 17.0. The second-order valence-electron chi connectivity index (χ2n) is 7.97. The number of anilines is 2. The Morgan fingerprint density at radius 3 is 2.66 bits per heavy atom. The van der Waals surface area contributed by atoms with E-state index in [1.54, 1.807) is 23.1 Å². The molecule has 11 heteroatoms. The Kier molecular flexibility index (Phi) is 8.17. The molecule has 0 bridgehead atoms. The number of nitrogens with one attached hydrogen (secondary N) is 1. The fourth-order valence-electron chi connectivity index (χ4n) is 3.82. The summed E-state index contributed by atoms with van der Waals surface area (Å²) in [5, 5.41) is 3.84. The van der Waals surface area contributed by atoms with Gasteiger partial charge in [-0.25, -0.2) is 14.4 Å². The number of halogens is 2. The molecule has 1 saturated heterocycles. The van der Waals surface area contributed by atoms with Gasteiger partial charge in [0.05, 0.1) is 10.5 Å². The van der Waals surface area contributed by atoms with E-state index in [2.05, 4.69) is 15.3 Å². The molecule has 1 aliphatic heterocycles. The molecule has 1 fully saturated rings. The number of piperidine rings is 1. The van der Waals surface area contributed by atoms with Gasteiger partial charge in [-0.2, -0.15) is 0 Å². The van der Waals surface area contributed by atoms with Gasteiger partial charge in [0.2, 0.25) is 5.91 Å². The third kappa shape index (κ3) is 6.08. The zero-order valence-corrected chi connectivity index (χ0v) is 20.2. The second kappa shape index (κ2) is 11.5. The van der Waals surface area contributed by atoms with Gasteiger partial charge in [0, 0.05) is 57.3 Å². The van der Waals surface area contributed by atoms with E-state index in [1.165, 1.54) is 32.7 Å².